The molecule has 0 aliphatic heterocycles. The molecule has 12 heavy (non-hydrogen) atoms. The number of allylic oxidation sites excluding steroid dienone is 2. The number of nitrogens with two attached hydrogens (primary N) is 1. The van der Waals surface area contributed by atoms with Gasteiger partial charge in [0.05, 0.1) is 0 Å². The Hall–Kier alpha value is -1.18. The monoisotopic (exact) mass is 167 g/mol. The molecule has 0 rings (SSSR count). The first-order chi connectivity index (χ1) is 5.66. The molecule has 2 N–H and O–H groups in total. The first-order valence-electron chi connectivity index (χ1n) is 4.05. The normalized spacial score (nSPS) is 11.6. The van der Waals surface area contributed by atoms with Crippen LogP contribution >= 0.6 is 0 Å². The van der Waals surface area contributed by atoms with E-state index in [4.69, 9.17) is 10.5 Å². The average molecular weight is 167 g/mol. The molecule has 0 fully saturated rings. The van der Waals surface area contributed by atoms with Gasteiger partial charge in [-0.1, -0.05) is 26.5 Å². The predicted molar refractivity (Wildman–Crippen MR) is 52.1 cm³/mol. The molecule has 0 unspecified atom stereocenters. The minimum atomic E-state index is 0.609. The van der Waals surface area contributed by atoms with Crippen LogP contribution in [-0.4, -0.2) is 0 Å². The van der Waals surface area contributed by atoms with Crippen LogP contribution in [-0.2, 0) is 4.74 Å². The highest BCUT2D eigenvalue weighted by atomic mass is 16.5. The largest absolute Gasteiger partial charge is 0.464 e. The van der Waals surface area contributed by atoms with E-state index in [0.717, 1.165) is 6.42 Å². The van der Waals surface area contributed by atoms with Gasteiger partial charge in [-0.2, -0.15) is 0 Å². The van der Waals surface area contributed by atoms with E-state index in [1.54, 1.807) is 0 Å². The molecule has 2 nitrogen and oxygen atoms in total. The molecule has 0 saturated carbocycles. The van der Waals surface area contributed by atoms with Gasteiger partial charge in [0.2, 0.25) is 0 Å². The van der Waals surface area contributed by atoms with Crippen molar-refractivity contribution < 1.29 is 4.74 Å². The fourth-order valence-electron chi connectivity index (χ4n) is 0.638. The van der Waals surface area contributed by atoms with Crippen LogP contribution in [0.5, 0.6) is 0 Å². The molecule has 0 aromatic rings. The van der Waals surface area contributed by atoms with Gasteiger partial charge in [0.15, 0.2) is 0 Å². The van der Waals surface area contributed by atoms with Crippen LogP contribution in [0.4, 0.5) is 0 Å². The molecule has 2 heteroatoms. The van der Waals surface area contributed by atoms with Crippen LogP contribution in [0.15, 0.2) is 37.0 Å². The second-order valence-electron chi connectivity index (χ2n) is 2.94. The number of hydrogen-bond acceptors (Lipinski definition) is 2. The Bertz CT molecular complexity index is 180. The number of ether oxygens (including phenoxy) is 1. The van der Waals surface area contributed by atoms with E-state index >= 15 is 0 Å². The first-order valence-corrected chi connectivity index (χ1v) is 4.05. The molecule has 0 aromatic carbocycles. The Kier molecular flexibility index (Phi) is 5.88. The van der Waals surface area contributed by atoms with Gasteiger partial charge in [0.25, 0.3) is 0 Å². The van der Waals surface area contributed by atoms with Crippen LogP contribution < -0.4 is 5.73 Å². The third-order valence-electron chi connectivity index (χ3n) is 1.21. The van der Waals surface area contributed by atoms with Crippen molar-refractivity contribution in [3.05, 3.63) is 37.0 Å². The van der Waals surface area contributed by atoms with E-state index in [1.165, 1.54) is 12.5 Å². The predicted octanol–water partition coefficient (Wildman–Crippen LogP) is 2.55. The zero-order chi connectivity index (χ0) is 9.40. The molecule has 0 saturated heterocycles. The van der Waals surface area contributed by atoms with E-state index < -0.39 is 0 Å². The van der Waals surface area contributed by atoms with Crippen LogP contribution in [0.3, 0.4) is 0 Å². The van der Waals surface area contributed by atoms with Crippen LogP contribution in [0.2, 0.25) is 0 Å². The lowest BCUT2D eigenvalue weighted by Crippen LogP contribution is -1.84. The minimum absolute atomic E-state index is 0.609. The van der Waals surface area contributed by atoms with Gasteiger partial charge in [-0.3, -0.25) is 0 Å². The molecule has 0 aliphatic carbocycles. The quantitative estimate of drug-likeness (QED) is 0.504. The minimum Gasteiger partial charge on any atom is -0.464 e. The van der Waals surface area contributed by atoms with E-state index in [9.17, 15) is 0 Å². The van der Waals surface area contributed by atoms with Crippen LogP contribution in [0.1, 0.15) is 20.3 Å². The summed E-state index contributed by atoms with van der Waals surface area (Å²) in [5.41, 5.74) is 5.08. The van der Waals surface area contributed by atoms with Crippen LogP contribution in [0, 0.1) is 5.92 Å². The van der Waals surface area contributed by atoms with Gasteiger partial charge >= 0.3 is 0 Å². The molecule has 0 bridgehead atoms. The Morgan fingerprint density at radius 3 is 2.75 bits per heavy atom. The highest BCUT2D eigenvalue weighted by Gasteiger charge is 1.88. The van der Waals surface area contributed by atoms with Crippen LogP contribution in [0.25, 0.3) is 0 Å². The zero-order valence-electron chi connectivity index (χ0n) is 7.79. The Labute approximate surface area is 74.4 Å². The Balaban J connectivity index is 3.61. The number of rotatable bonds is 5. The fourth-order valence-corrected chi connectivity index (χ4v) is 0.638. The smallest absolute Gasteiger partial charge is 0.119 e. The maximum atomic E-state index is 5.08. The van der Waals surface area contributed by atoms with Crippen molar-refractivity contribution in [2.24, 2.45) is 11.7 Å². The Morgan fingerprint density at radius 1 is 1.58 bits per heavy atom. The van der Waals surface area contributed by atoms with Gasteiger partial charge in [-0.05, 0) is 18.4 Å². The van der Waals surface area contributed by atoms with E-state index in [1.807, 2.05) is 12.2 Å². The maximum Gasteiger partial charge on any atom is 0.119 e. The zero-order valence-corrected chi connectivity index (χ0v) is 7.79. The summed E-state index contributed by atoms with van der Waals surface area (Å²) in [7, 11) is 0. The van der Waals surface area contributed by atoms with E-state index in [-0.39, 0.29) is 0 Å². The summed E-state index contributed by atoms with van der Waals surface area (Å²) in [4.78, 5) is 0. The van der Waals surface area contributed by atoms with Gasteiger partial charge in [0, 0.05) is 6.20 Å². The average Bonchev–Trinajstić information content (AvgIpc) is 2.00. The van der Waals surface area contributed by atoms with Crippen molar-refractivity contribution >= 4 is 0 Å². The third kappa shape index (κ3) is 6.93. The molecular formula is C10H17NO. The molecule has 0 radical (unpaired) electrons. The lowest BCUT2D eigenvalue weighted by molar-refractivity contribution is 0.369. The number of hydrogen-bond donors (Lipinski definition) is 1. The maximum absolute atomic E-state index is 5.08. The van der Waals surface area contributed by atoms with Gasteiger partial charge in [-0.25, -0.2) is 0 Å². The molecule has 0 aliphatic rings. The highest BCUT2D eigenvalue weighted by Crippen LogP contribution is 2.03. The first kappa shape index (κ1) is 10.8. The SMILES string of the molecule is C=C(/C=C/CC(C)C)O/C=C\N. The summed E-state index contributed by atoms with van der Waals surface area (Å²) in [6, 6.07) is 0. The van der Waals surface area contributed by atoms with Crippen molar-refractivity contribution in [3.8, 4) is 0 Å². The third-order valence-corrected chi connectivity index (χ3v) is 1.21. The molecule has 0 amide bonds. The summed E-state index contributed by atoms with van der Waals surface area (Å²) in [6.07, 6.45) is 7.66. The van der Waals surface area contributed by atoms with Crippen molar-refractivity contribution in [1.82, 2.24) is 0 Å². The van der Waals surface area contributed by atoms with Crippen molar-refractivity contribution in [3.63, 3.8) is 0 Å². The molecule has 0 aromatic heterocycles. The second kappa shape index (κ2) is 6.53. The summed E-state index contributed by atoms with van der Waals surface area (Å²) in [6.45, 7) is 7.99. The van der Waals surface area contributed by atoms with E-state index in [2.05, 4.69) is 20.4 Å². The van der Waals surface area contributed by atoms with Gasteiger partial charge in [-0.15, -0.1) is 0 Å². The standard InChI is InChI=1S/C10H17NO/c1-9(2)5-4-6-10(3)12-8-7-11/h4,6-9H,3,5,11H2,1-2H3/b6-4+,8-7-. The van der Waals surface area contributed by atoms with Crippen molar-refractivity contribution in [2.75, 3.05) is 0 Å². The topological polar surface area (TPSA) is 35.2 Å². The summed E-state index contributed by atoms with van der Waals surface area (Å²) >= 11 is 0. The van der Waals surface area contributed by atoms with Crippen molar-refractivity contribution in [2.45, 2.75) is 20.3 Å². The lowest BCUT2D eigenvalue weighted by Gasteiger charge is -1.98. The van der Waals surface area contributed by atoms with Crippen molar-refractivity contribution in [1.29, 1.82) is 0 Å². The lowest BCUT2D eigenvalue weighted by atomic mass is 10.1. The summed E-state index contributed by atoms with van der Waals surface area (Å²) in [5.74, 6) is 1.27. The molecule has 68 valence electrons. The summed E-state index contributed by atoms with van der Waals surface area (Å²) in [5, 5.41) is 0. The van der Waals surface area contributed by atoms with Gasteiger partial charge < -0.3 is 10.5 Å². The summed E-state index contributed by atoms with van der Waals surface area (Å²) < 4.78 is 4.99. The molecule has 0 heterocycles. The van der Waals surface area contributed by atoms with E-state index in [0.29, 0.717) is 11.7 Å². The fraction of sp³-hybridized carbons (Fsp3) is 0.400. The van der Waals surface area contributed by atoms with Gasteiger partial charge in [0.1, 0.15) is 12.0 Å². The molecular weight excluding hydrogens is 150 g/mol. The molecule has 0 spiro atoms. The second-order valence-corrected chi connectivity index (χ2v) is 2.94. The Morgan fingerprint density at radius 2 is 2.25 bits per heavy atom. The highest BCUT2D eigenvalue weighted by molar-refractivity contribution is 5.08. The molecule has 0 atom stereocenters.